The Bertz CT molecular complexity index is 1340. The van der Waals surface area contributed by atoms with Crippen LogP contribution in [0.25, 0.3) is 0 Å². The van der Waals surface area contributed by atoms with Crippen molar-refractivity contribution in [1.29, 1.82) is 0 Å². The van der Waals surface area contributed by atoms with E-state index in [0.29, 0.717) is 29.8 Å². The van der Waals surface area contributed by atoms with Gasteiger partial charge in [-0.15, -0.1) is 0 Å². The number of Topliss-reactive ketones (excluding diaryl/α,β-unsaturated/α-hetero) is 1. The van der Waals surface area contributed by atoms with Gasteiger partial charge >= 0.3 is 5.69 Å². The SMILES string of the molecule is CCN(Cc1ccccc1)c1ccc(C2C3=C(CCCC3=O)Nc3[nH]c(=O)[nH]c(=O)c32)cc1. The van der Waals surface area contributed by atoms with Crippen molar-refractivity contribution in [2.24, 2.45) is 0 Å². The molecule has 1 atom stereocenters. The lowest BCUT2D eigenvalue weighted by molar-refractivity contribution is -0.116. The summed E-state index contributed by atoms with van der Waals surface area (Å²) in [7, 11) is 0. The van der Waals surface area contributed by atoms with Gasteiger partial charge in [-0.1, -0.05) is 42.5 Å². The van der Waals surface area contributed by atoms with Crippen LogP contribution in [0.1, 0.15) is 48.8 Å². The van der Waals surface area contributed by atoms with Gasteiger partial charge in [-0.05, 0) is 43.0 Å². The molecule has 0 saturated carbocycles. The third-order valence-electron chi connectivity index (χ3n) is 6.48. The molecule has 33 heavy (non-hydrogen) atoms. The maximum Gasteiger partial charge on any atom is 0.327 e. The van der Waals surface area contributed by atoms with Gasteiger partial charge < -0.3 is 10.2 Å². The molecule has 1 aliphatic carbocycles. The Morgan fingerprint density at radius 2 is 1.70 bits per heavy atom. The second kappa shape index (κ2) is 8.58. The molecule has 2 heterocycles. The number of carbonyl (C=O) groups excluding carboxylic acids is 1. The van der Waals surface area contributed by atoms with E-state index in [2.05, 4.69) is 39.2 Å². The summed E-state index contributed by atoms with van der Waals surface area (Å²) >= 11 is 0. The molecule has 3 aromatic rings. The molecule has 0 radical (unpaired) electrons. The van der Waals surface area contributed by atoms with Crippen molar-refractivity contribution >= 4 is 17.3 Å². The first-order valence-electron chi connectivity index (χ1n) is 11.3. The lowest BCUT2D eigenvalue weighted by Crippen LogP contribution is -2.36. The van der Waals surface area contributed by atoms with E-state index in [0.717, 1.165) is 36.5 Å². The van der Waals surface area contributed by atoms with E-state index < -0.39 is 17.2 Å². The predicted octanol–water partition coefficient (Wildman–Crippen LogP) is 3.65. The fourth-order valence-corrected chi connectivity index (χ4v) is 4.89. The fourth-order valence-electron chi connectivity index (χ4n) is 4.89. The Morgan fingerprint density at radius 1 is 0.939 bits per heavy atom. The molecule has 3 N–H and O–H groups in total. The summed E-state index contributed by atoms with van der Waals surface area (Å²) < 4.78 is 0. The predicted molar refractivity (Wildman–Crippen MR) is 129 cm³/mol. The first-order chi connectivity index (χ1) is 16.0. The zero-order chi connectivity index (χ0) is 22.9. The Hall–Kier alpha value is -3.87. The molecule has 1 aromatic heterocycles. The van der Waals surface area contributed by atoms with Crippen LogP contribution in [-0.2, 0) is 11.3 Å². The number of hydrogen-bond donors (Lipinski definition) is 3. The summed E-state index contributed by atoms with van der Waals surface area (Å²) in [6.45, 7) is 3.76. The molecule has 0 bridgehead atoms. The topological polar surface area (TPSA) is 98.1 Å². The molecule has 1 unspecified atom stereocenters. The molecule has 2 aliphatic rings. The number of carbonyl (C=O) groups is 1. The number of hydrogen-bond acceptors (Lipinski definition) is 5. The van der Waals surface area contributed by atoms with Crippen molar-refractivity contribution in [3.8, 4) is 0 Å². The van der Waals surface area contributed by atoms with Gasteiger partial charge in [0.05, 0.1) is 5.56 Å². The minimum absolute atomic E-state index is 0.0494. The van der Waals surface area contributed by atoms with Gasteiger partial charge in [0.25, 0.3) is 5.56 Å². The number of nitrogens with zero attached hydrogens (tertiary/aromatic N) is 1. The molecule has 1 aliphatic heterocycles. The van der Waals surface area contributed by atoms with Gasteiger partial charge in [0.1, 0.15) is 5.82 Å². The number of aromatic amines is 2. The maximum atomic E-state index is 12.9. The third kappa shape index (κ3) is 3.91. The summed E-state index contributed by atoms with van der Waals surface area (Å²) in [6.07, 6.45) is 1.93. The van der Waals surface area contributed by atoms with E-state index in [4.69, 9.17) is 0 Å². The highest BCUT2D eigenvalue weighted by molar-refractivity contribution is 6.00. The van der Waals surface area contributed by atoms with Crippen molar-refractivity contribution in [2.45, 2.75) is 38.6 Å². The Balaban J connectivity index is 1.55. The minimum Gasteiger partial charge on any atom is -0.367 e. The van der Waals surface area contributed by atoms with Crippen LogP contribution in [0.2, 0.25) is 0 Å². The number of aromatic nitrogens is 2. The van der Waals surface area contributed by atoms with E-state index in [-0.39, 0.29) is 5.78 Å². The van der Waals surface area contributed by atoms with E-state index in [1.54, 1.807) is 0 Å². The molecular formula is C26H26N4O3. The summed E-state index contributed by atoms with van der Waals surface area (Å²) in [5.41, 5.74) is 3.94. The van der Waals surface area contributed by atoms with Crippen LogP contribution >= 0.6 is 0 Å². The highest BCUT2D eigenvalue weighted by Gasteiger charge is 2.37. The van der Waals surface area contributed by atoms with Gasteiger partial charge in [-0.3, -0.25) is 19.6 Å². The molecule has 0 spiro atoms. The van der Waals surface area contributed by atoms with Crippen molar-refractivity contribution < 1.29 is 4.79 Å². The summed E-state index contributed by atoms with van der Waals surface area (Å²) in [5, 5.41) is 3.15. The number of rotatable bonds is 5. The van der Waals surface area contributed by atoms with Crippen molar-refractivity contribution in [1.82, 2.24) is 9.97 Å². The molecular weight excluding hydrogens is 416 g/mol. The van der Waals surface area contributed by atoms with Crippen LogP contribution < -0.4 is 21.5 Å². The van der Waals surface area contributed by atoms with Gasteiger partial charge in [0, 0.05) is 42.4 Å². The maximum absolute atomic E-state index is 12.9. The first kappa shape index (κ1) is 21.0. The lowest BCUT2D eigenvalue weighted by Gasteiger charge is -2.33. The molecule has 168 valence electrons. The summed E-state index contributed by atoms with van der Waals surface area (Å²) in [5.74, 6) is -0.0817. The Kier molecular flexibility index (Phi) is 5.46. The van der Waals surface area contributed by atoms with Gasteiger partial charge in [-0.25, -0.2) is 4.79 Å². The third-order valence-corrected chi connectivity index (χ3v) is 6.48. The van der Waals surface area contributed by atoms with Gasteiger partial charge in [0.15, 0.2) is 5.78 Å². The van der Waals surface area contributed by atoms with Crippen LogP contribution in [0.5, 0.6) is 0 Å². The second-order valence-corrected chi connectivity index (χ2v) is 8.52. The summed E-state index contributed by atoms with van der Waals surface area (Å²) in [4.78, 5) is 45.0. The van der Waals surface area contributed by atoms with Gasteiger partial charge in [0.2, 0.25) is 0 Å². The molecule has 0 saturated heterocycles. The normalized spacial score (nSPS) is 17.2. The number of ketones is 1. The van der Waals surface area contributed by atoms with Crippen molar-refractivity contribution in [3.05, 3.63) is 103 Å². The molecule has 2 aromatic carbocycles. The molecule has 5 rings (SSSR count). The van der Waals surface area contributed by atoms with Crippen LogP contribution in [0.3, 0.4) is 0 Å². The zero-order valence-corrected chi connectivity index (χ0v) is 18.5. The average molecular weight is 443 g/mol. The highest BCUT2D eigenvalue weighted by Crippen LogP contribution is 2.43. The van der Waals surface area contributed by atoms with Crippen LogP contribution in [0, 0.1) is 0 Å². The average Bonchev–Trinajstić information content (AvgIpc) is 2.82. The molecule has 0 fully saturated rings. The van der Waals surface area contributed by atoms with Crippen LogP contribution in [0.15, 0.2) is 75.5 Å². The van der Waals surface area contributed by atoms with E-state index in [1.807, 2.05) is 42.5 Å². The van der Waals surface area contributed by atoms with E-state index >= 15 is 0 Å². The monoisotopic (exact) mass is 442 g/mol. The smallest absolute Gasteiger partial charge is 0.327 e. The number of nitrogens with one attached hydrogen (secondary N) is 3. The van der Waals surface area contributed by atoms with Gasteiger partial charge in [-0.2, -0.15) is 0 Å². The summed E-state index contributed by atoms with van der Waals surface area (Å²) in [6, 6.07) is 18.4. The number of benzene rings is 2. The quantitative estimate of drug-likeness (QED) is 0.560. The first-order valence-corrected chi connectivity index (χ1v) is 11.3. The number of allylic oxidation sites excluding steroid dienone is 2. The van der Waals surface area contributed by atoms with E-state index in [1.165, 1.54) is 5.56 Å². The number of anilines is 2. The Morgan fingerprint density at radius 3 is 2.42 bits per heavy atom. The highest BCUT2D eigenvalue weighted by atomic mass is 16.2. The van der Waals surface area contributed by atoms with Crippen molar-refractivity contribution in [3.63, 3.8) is 0 Å². The molecule has 7 nitrogen and oxygen atoms in total. The fraction of sp³-hybridized carbons (Fsp3) is 0.269. The largest absolute Gasteiger partial charge is 0.367 e. The number of fused-ring (bicyclic) bond motifs is 1. The lowest BCUT2D eigenvalue weighted by atomic mass is 9.76. The standard InChI is InChI=1S/C26H26N4O3/c1-2-30(15-16-7-4-3-5-8-16)18-13-11-17(12-14-18)21-22-19(9-6-10-20(22)31)27-24-23(21)25(32)29-26(33)28-24/h3-5,7-8,11-14,21H,2,6,9-10,15H2,1H3,(H3,27,28,29,32,33). The molecule has 7 heteroatoms. The van der Waals surface area contributed by atoms with Crippen molar-refractivity contribution in [2.75, 3.05) is 16.8 Å². The molecule has 0 amide bonds. The van der Waals surface area contributed by atoms with Crippen LogP contribution in [0.4, 0.5) is 11.5 Å². The van der Waals surface area contributed by atoms with E-state index in [9.17, 15) is 14.4 Å². The zero-order valence-electron chi connectivity index (χ0n) is 18.5. The Labute approximate surface area is 191 Å². The number of H-pyrrole nitrogens is 2. The second-order valence-electron chi connectivity index (χ2n) is 8.52. The van der Waals surface area contributed by atoms with Crippen LogP contribution in [-0.4, -0.2) is 22.3 Å². The minimum atomic E-state index is -0.564.